The second kappa shape index (κ2) is 11.3. The van der Waals surface area contributed by atoms with Crippen LogP contribution in [0.2, 0.25) is 5.02 Å². The smallest absolute Gasteiger partial charge is 0.410 e. The van der Waals surface area contributed by atoms with Crippen molar-refractivity contribution >= 4 is 46.3 Å². The highest BCUT2D eigenvalue weighted by atomic mass is 35.5. The van der Waals surface area contributed by atoms with Crippen molar-refractivity contribution in [3.63, 3.8) is 0 Å². The van der Waals surface area contributed by atoms with Crippen molar-refractivity contribution in [1.82, 2.24) is 14.7 Å². The normalized spacial score (nSPS) is 17.2. The molecular weight excluding hydrogens is 510 g/mol. The second-order valence-corrected chi connectivity index (χ2v) is 10.3. The number of nitrogens with zero attached hydrogens (tertiary/aromatic N) is 3. The van der Waals surface area contributed by atoms with Crippen molar-refractivity contribution < 1.29 is 19.1 Å². The Morgan fingerprint density at radius 2 is 1.76 bits per heavy atom. The maximum absolute atomic E-state index is 13.0. The van der Waals surface area contributed by atoms with Crippen LogP contribution in [0.1, 0.15) is 23.6 Å². The van der Waals surface area contributed by atoms with E-state index in [0.29, 0.717) is 11.4 Å². The number of ether oxygens (including phenoxy) is 2. The van der Waals surface area contributed by atoms with Gasteiger partial charge >= 0.3 is 12.1 Å². The molecule has 0 bridgehead atoms. The topological polar surface area (TPSA) is 73.7 Å². The number of carbonyl (C=O) groups is 2. The number of aromatic nitrogens is 2. The molecule has 0 radical (unpaired) electrons. The highest BCUT2D eigenvalue weighted by molar-refractivity contribution is 7.98. The molecular formula is C28H26ClN3O4S. The highest BCUT2D eigenvalue weighted by Gasteiger charge is 2.42. The molecule has 1 fully saturated rings. The predicted octanol–water partition coefficient (Wildman–Crippen LogP) is 6.11. The Kier molecular flexibility index (Phi) is 7.67. The van der Waals surface area contributed by atoms with Crippen LogP contribution in [-0.2, 0) is 26.6 Å². The van der Waals surface area contributed by atoms with Crippen LogP contribution in [0.4, 0.5) is 4.79 Å². The molecule has 0 aliphatic carbocycles. The van der Waals surface area contributed by atoms with Crippen molar-refractivity contribution in [2.45, 2.75) is 35.8 Å². The van der Waals surface area contributed by atoms with Gasteiger partial charge in [-0.3, -0.25) is 9.58 Å². The summed E-state index contributed by atoms with van der Waals surface area (Å²) < 4.78 is 12.4. The zero-order chi connectivity index (χ0) is 25.8. The van der Waals surface area contributed by atoms with Crippen molar-refractivity contribution in [1.29, 1.82) is 0 Å². The molecule has 4 aromatic rings. The summed E-state index contributed by atoms with van der Waals surface area (Å²) in [6, 6.07) is 22.7. The van der Waals surface area contributed by atoms with Crippen LogP contribution in [0.15, 0.2) is 83.9 Å². The van der Waals surface area contributed by atoms with Gasteiger partial charge in [-0.1, -0.05) is 72.3 Å². The first-order valence-corrected chi connectivity index (χ1v) is 13.3. The summed E-state index contributed by atoms with van der Waals surface area (Å²) in [5.41, 5.74) is 2.95. The minimum atomic E-state index is -0.761. The molecule has 0 unspecified atom stereocenters. The maximum atomic E-state index is 13.0. The third kappa shape index (κ3) is 5.60. The third-order valence-electron chi connectivity index (χ3n) is 6.43. The van der Waals surface area contributed by atoms with Gasteiger partial charge in [0.1, 0.15) is 12.6 Å². The van der Waals surface area contributed by atoms with Crippen molar-refractivity contribution in [3.05, 3.63) is 95.1 Å². The summed E-state index contributed by atoms with van der Waals surface area (Å²) >= 11 is 8.31. The van der Waals surface area contributed by atoms with Gasteiger partial charge in [0.05, 0.1) is 29.9 Å². The molecule has 3 aromatic carbocycles. The van der Waals surface area contributed by atoms with E-state index in [0.717, 1.165) is 27.1 Å². The minimum absolute atomic E-state index is 0.122. The predicted molar refractivity (Wildman–Crippen MR) is 144 cm³/mol. The zero-order valence-electron chi connectivity index (χ0n) is 20.2. The number of fused-ring (bicyclic) bond motifs is 1. The molecule has 9 heteroatoms. The Morgan fingerprint density at radius 1 is 1.05 bits per heavy atom. The molecule has 1 amide bonds. The first-order chi connectivity index (χ1) is 18.0. The van der Waals surface area contributed by atoms with Crippen LogP contribution in [0.3, 0.4) is 0 Å². The lowest BCUT2D eigenvalue weighted by molar-refractivity contribution is -0.145. The summed E-state index contributed by atoms with van der Waals surface area (Å²) in [4.78, 5) is 28.0. The van der Waals surface area contributed by atoms with E-state index in [1.165, 1.54) is 17.6 Å². The maximum Gasteiger partial charge on any atom is 0.410 e. The lowest BCUT2D eigenvalue weighted by Crippen LogP contribution is -2.41. The number of thioether (sulfide) groups is 1. The standard InChI is InChI=1S/C28H26ClN3O4S/c1-35-27(33)26-12-21(16-31(26)28(34)36-17-19-8-4-2-5-9-19)32-25-14-22(13-24(29)23(25)15-30-32)37-18-20-10-6-3-7-11-20/h2-11,13-15,21,26H,12,16-18H2,1H3/t21-,26+/m1/s1. The molecule has 1 aliphatic heterocycles. The molecule has 190 valence electrons. The third-order valence-corrected chi connectivity index (χ3v) is 7.78. The summed E-state index contributed by atoms with van der Waals surface area (Å²) in [6.45, 7) is 0.389. The Labute approximate surface area is 224 Å². The fourth-order valence-corrected chi connectivity index (χ4v) is 5.80. The van der Waals surface area contributed by atoms with Gasteiger partial charge in [0.15, 0.2) is 0 Å². The van der Waals surface area contributed by atoms with E-state index in [1.54, 1.807) is 18.0 Å². The monoisotopic (exact) mass is 535 g/mol. The molecule has 0 N–H and O–H groups in total. The molecule has 7 nitrogen and oxygen atoms in total. The number of benzene rings is 3. The van der Waals surface area contributed by atoms with E-state index in [1.807, 2.05) is 59.3 Å². The second-order valence-electron chi connectivity index (χ2n) is 8.82. The van der Waals surface area contributed by atoms with Crippen molar-refractivity contribution in [2.75, 3.05) is 13.7 Å². The number of hydrogen-bond acceptors (Lipinski definition) is 6. The van der Waals surface area contributed by atoms with E-state index < -0.39 is 18.1 Å². The van der Waals surface area contributed by atoms with Gasteiger partial charge in [-0.05, 0) is 23.3 Å². The first-order valence-electron chi connectivity index (χ1n) is 11.9. The SMILES string of the molecule is COC(=O)[C@@H]1C[C@@H](n2ncc3c(Cl)cc(SCc4ccccc4)cc32)CN1C(=O)OCc1ccccc1. The number of carbonyl (C=O) groups excluding carboxylic acids is 2. The number of rotatable bonds is 7. The molecule has 1 aromatic heterocycles. The molecule has 2 atom stereocenters. The molecule has 0 spiro atoms. The lowest BCUT2D eigenvalue weighted by atomic mass is 10.1. The van der Waals surface area contributed by atoms with E-state index >= 15 is 0 Å². The quantitative estimate of drug-likeness (QED) is 0.210. The van der Waals surface area contributed by atoms with Gasteiger partial charge < -0.3 is 9.47 Å². The summed E-state index contributed by atoms with van der Waals surface area (Å²) in [6.07, 6.45) is 1.53. The molecule has 1 saturated heterocycles. The first kappa shape index (κ1) is 25.2. The molecule has 0 saturated carbocycles. The number of halogens is 1. The molecule has 2 heterocycles. The Hall–Kier alpha value is -3.49. The zero-order valence-corrected chi connectivity index (χ0v) is 21.8. The van der Waals surface area contributed by atoms with E-state index in [9.17, 15) is 9.59 Å². The fraction of sp³-hybridized carbons (Fsp3) is 0.250. The Balaban J connectivity index is 1.36. The number of esters is 1. The summed E-state index contributed by atoms with van der Waals surface area (Å²) in [7, 11) is 1.32. The molecule has 5 rings (SSSR count). The van der Waals surface area contributed by atoms with Crippen molar-refractivity contribution in [2.24, 2.45) is 0 Å². The number of likely N-dealkylation sites (tertiary alicyclic amines) is 1. The molecule has 37 heavy (non-hydrogen) atoms. The minimum Gasteiger partial charge on any atom is -0.467 e. The number of hydrogen-bond donors (Lipinski definition) is 0. The van der Waals surface area contributed by atoms with Crippen LogP contribution in [0.5, 0.6) is 0 Å². The van der Waals surface area contributed by atoms with E-state index in [-0.39, 0.29) is 19.2 Å². The Bertz CT molecular complexity index is 1400. The fourth-order valence-electron chi connectivity index (χ4n) is 4.55. The van der Waals surface area contributed by atoms with Crippen molar-refractivity contribution in [3.8, 4) is 0 Å². The van der Waals surface area contributed by atoms with Gasteiger partial charge in [0, 0.05) is 29.0 Å². The van der Waals surface area contributed by atoms with Gasteiger partial charge in [-0.2, -0.15) is 5.10 Å². The number of methoxy groups -OCH3 is 1. The van der Waals surface area contributed by atoms with E-state index in [4.69, 9.17) is 21.1 Å². The Morgan fingerprint density at radius 3 is 2.46 bits per heavy atom. The van der Waals surface area contributed by atoms with Gasteiger partial charge in [0.25, 0.3) is 0 Å². The van der Waals surface area contributed by atoms with Crippen LogP contribution < -0.4 is 0 Å². The van der Waals surface area contributed by atoms with E-state index in [2.05, 4.69) is 23.3 Å². The van der Waals surface area contributed by atoms with Crippen LogP contribution in [0, 0.1) is 0 Å². The van der Waals surface area contributed by atoms with Crippen LogP contribution in [-0.4, -0.2) is 46.4 Å². The van der Waals surface area contributed by atoms with Crippen LogP contribution in [0.25, 0.3) is 10.9 Å². The largest absolute Gasteiger partial charge is 0.467 e. The summed E-state index contributed by atoms with van der Waals surface area (Å²) in [5.74, 6) is 0.332. The van der Waals surface area contributed by atoms with Crippen LogP contribution >= 0.6 is 23.4 Å². The summed E-state index contributed by atoms with van der Waals surface area (Å²) in [5, 5.41) is 6.03. The number of amides is 1. The highest BCUT2D eigenvalue weighted by Crippen LogP contribution is 2.36. The van der Waals surface area contributed by atoms with Gasteiger partial charge in [-0.15, -0.1) is 11.8 Å². The van der Waals surface area contributed by atoms with Gasteiger partial charge in [-0.25, -0.2) is 9.59 Å². The molecule has 1 aliphatic rings. The average Bonchev–Trinajstić information content (AvgIpc) is 3.56. The average molecular weight is 536 g/mol. The van der Waals surface area contributed by atoms with Gasteiger partial charge in [0.2, 0.25) is 0 Å². The lowest BCUT2D eigenvalue weighted by Gasteiger charge is -2.21.